The minimum absolute atomic E-state index is 0.159. The lowest BCUT2D eigenvalue weighted by atomic mass is 9.98. The van der Waals surface area contributed by atoms with Crippen molar-refractivity contribution in [2.45, 2.75) is 19.9 Å². The predicted octanol–water partition coefficient (Wildman–Crippen LogP) is 1.62. The number of piperazine rings is 1. The maximum Gasteiger partial charge on any atom is 0.410 e. The number of benzene rings is 1. The lowest BCUT2D eigenvalue weighted by molar-refractivity contribution is -0.128. The van der Waals surface area contributed by atoms with E-state index in [0.29, 0.717) is 19.7 Å². The largest absolute Gasteiger partial charge is 0.450 e. The first-order valence-electron chi connectivity index (χ1n) is 6.41. The van der Waals surface area contributed by atoms with Crippen molar-refractivity contribution in [1.82, 2.24) is 10.2 Å². The summed E-state index contributed by atoms with van der Waals surface area (Å²) in [6, 6.07) is 6.98. The Bertz CT molecular complexity index is 487. The van der Waals surface area contributed by atoms with Crippen LogP contribution in [0.1, 0.15) is 24.1 Å². The highest BCUT2D eigenvalue weighted by Crippen LogP contribution is 2.26. The van der Waals surface area contributed by atoms with Crippen LogP contribution in [0.3, 0.4) is 0 Å². The Morgan fingerprint density at radius 2 is 2.21 bits per heavy atom. The second-order valence-electron chi connectivity index (χ2n) is 4.44. The summed E-state index contributed by atoms with van der Waals surface area (Å²) in [4.78, 5) is 25.6. The molecule has 1 atom stereocenters. The van der Waals surface area contributed by atoms with Crippen LogP contribution >= 0.6 is 0 Å². The first kappa shape index (κ1) is 13.4. The Morgan fingerprint density at radius 1 is 1.47 bits per heavy atom. The molecule has 1 aliphatic rings. The van der Waals surface area contributed by atoms with Gasteiger partial charge in [-0.25, -0.2) is 4.79 Å². The average Bonchev–Trinajstić information content (AvgIpc) is 2.40. The van der Waals surface area contributed by atoms with Gasteiger partial charge in [-0.1, -0.05) is 24.3 Å². The van der Waals surface area contributed by atoms with Crippen molar-refractivity contribution in [2.75, 3.05) is 19.7 Å². The smallest absolute Gasteiger partial charge is 0.410 e. The Hall–Kier alpha value is -2.04. The maximum atomic E-state index is 12.1. The molecule has 1 aromatic rings. The van der Waals surface area contributed by atoms with Crippen molar-refractivity contribution in [1.29, 1.82) is 0 Å². The van der Waals surface area contributed by atoms with E-state index in [1.54, 1.807) is 6.92 Å². The summed E-state index contributed by atoms with van der Waals surface area (Å²) in [7, 11) is 0. The molecular weight excluding hydrogens is 244 g/mol. The number of nitrogens with one attached hydrogen (secondary N) is 1. The molecule has 0 aromatic heterocycles. The zero-order valence-corrected chi connectivity index (χ0v) is 11.2. The Kier molecular flexibility index (Phi) is 4.04. The van der Waals surface area contributed by atoms with Gasteiger partial charge in [0.05, 0.1) is 6.61 Å². The summed E-state index contributed by atoms with van der Waals surface area (Å²) in [5.41, 5.74) is 1.83. The minimum Gasteiger partial charge on any atom is -0.450 e. The van der Waals surface area contributed by atoms with Crippen LogP contribution < -0.4 is 5.32 Å². The quantitative estimate of drug-likeness (QED) is 0.881. The molecular formula is C14H18N2O3. The van der Waals surface area contributed by atoms with Gasteiger partial charge in [0.25, 0.3) is 0 Å². The second kappa shape index (κ2) is 5.73. The molecule has 1 aromatic carbocycles. The van der Waals surface area contributed by atoms with E-state index in [1.807, 2.05) is 31.2 Å². The number of carbonyl (C=O) groups excluding carboxylic acids is 2. The number of hydrogen-bond acceptors (Lipinski definition) is 3. The van der Waals surface area contributed by atoms with Crippen LogP contribution in [-0.4, -0.2) is 36.6 Å². The van der Waals surface area contributed by atoms with Gasteiger partial charge in [0.15, 0.2) is 0 Å². The van der Waals surface area contributed by atoms with E-state index in [2.05, 4.69) is 5.32 Å². The Balaban J connectivity index is 2.34. The highest BCUT2D eigenvalue weighted by molar-refractivity contribution is 5.88. The number of hydrogen-bond donors (Lipinski definition) is 1. The van der Waals surface area contributed by atoms with Gasteiger partial charge >= 0.3 is 6.09 Å². The highest BCUT2D eigenvalue weighted by Gasteiger charge is 2.35. The van der Waals surface area contributed by atoms with Crippen LogP contribution in [0.25, 0.3) is 0 Å². The summed E-state index contributed by atoms with van der Waals surface area (Å²) >= 11 is 0. The van der Waals surface area contributed by atoms with Gasteiger partial charge in [-0.2, -0.15) is 0 Å². The molecule has 2 rings (SSSR count). The normalized spacial score (nSPS) is 18.9. The molecule has 0 spiro atoms. The summed E-state index contributed by atoms with van der Waals surface area (Å²) in [6.07, 6.45) is -0.439. The molecule has 0 radical (unpaired) electrons. The Morgan fingerprint density at radius 3 is 2.89 bits per heavy atom. The molecule has 1 saturated heterocycles. The summed E-state index contributed by atoms with van der Waals surface area (Å²) < 4.78 is 5.03. The van der Waals surface area contributed by atoms with Gasteiger partial charge in [-0.15, -0.1) is 0 Å². The molecule has 1 heterocycles. The topological polar surface area (TPSA) is 58.6 Å². The lowest BCUT2D eigenvalue weighted by Gasteiger charge is -2.35. The van der Waals surface area contributed by atoms with Crippen molar-refractivity contribution in [3.63, 3.8) is 0 Å². The van der Waals surface area contributed by atoms with Gasteiger partial charge in [0.1, 0.15) is 6.04 Å². The number of amides is 2. The van der Waals surface area contributed by atoms with Crippen molar-refractivity contribution >= 4 is 12.0 Å². The highest BCUT2D eigenvalue weighted by atomic mass is 16.6. The van der Waals surface area contributed by atoms with Crippen LogP contribution in [0.4, 0.5) is 4.79 Å². The fraction of sp³-hybridized carbons (Fsp3) is 0.429. The second-order valence-corrected chi connectivity index (χ2v) is 4.44. The monoisotopic (exact) mass is 262 g/mol. The fourth-order valence-corrected chi connectivity index (χ4v) is 2.27. The minimum atomic E-state index is -0.603. The molecule has 1 fully saturated rings. The molecule has 19 heavy (non-hydrogen) atoms. The maximum absolute atomic E-state index is 12.1. The van der Waals surface area contributed by atoms with Crippen LogP contribution in [-0.2, 0) is 9.53 Å². The van der Waals surface area contributed by atoms with Crippen LogP contribution in [0.15, 0.2) is 24.3 Å². The predicted molar refractivity (Wildman–Crippen MR) is 70.7 cm³/mol. The third kappa shape index (κ3) is 2.70. The van der Waals surface area contributed by atoms with E-state index < -0.39 is 12.1 Å². The number of ether oxygens (including phenoxy) is 1. The summed E-state index contributed by atoms with van der Waals surface area (Å²) in [5, 5.41) is 2.80. The van der Waals surface area contributed by atoms with E-state index in [0.717, 1.165) is 11.1 Å². The molecule has 0 aliphatic carbocycles. The molecule has 2 amide bonds. The zero-order chi connectivity index (χ0) is 13.8. The zero-order valence-electron chi connectivity index (χ0n) is 11.2. The Labute approximate surface area is 112 Å². The lowest BCUT2D eigenvalue weighted by Crippen LogP contribution is -2.52. The van der Waals surface area contributed by atoms with Crippen LogP contribution in [0.2, 0.25) is 0 Å². The van der Waals surface area contributed by atoms with Crippen molar-refractivity contribution in [3.8, 4) is 0 Å². The van der Waals surface area contributed by atoms with Gasteiger partial charge < -0.3 is 10.1 Å². The molecule has 5 nitrogen and oxygen atoms in total. The SMILES string of the molecule is CCOC(=O)N1CCNC(=O)C1c1ccccc1C. The third-order valence-corrected chi connectivity index (χ3v) is 3.20. The van der Waals surface area contributed by atoms with E-state index in [1.165, 1.54) is 4.90 Å². The molecule has 5 heteroatoms. The number of aryl methyl sites for hydroxylation is 1. The summed E-state index contributed by atoms with van der Waals surface area (Å²) in [5.74, 6) is -0.159. The van der Waals surface area contributed by atoms with E-state index in [4.69, 9.17) is 4.74 Å². The molecule has 102 valence electrons. The van der Waals surface area contributed by atoms with E-state index >= 15 is 0 Å². The van der Waals surface area contributed by atoms with Gasteiger partial charge in [-0.05, 0) is 25.0 Å². The summed E-state index contributed by atoms with van der Waals surface area (Å²) in [6.45, 7) is 4.91. The van der Waals surface area contributed by atoms with Crippen molar-refractivity contribution < 1.29 is 14.3 Å². The molecule has 1 unspecified atom stereocenters. The number of rotatable bonds is 2. The van der Waals surface area contributed by atoms with Crippen LogP contribution in [0.5, 0.6) is 0 Å². The first-order chi connectivity index (χ1) is 9.15. The molecule has 0 saturated carbocycles. The number of carbonyl (C=O) groups is 2. The van der Waals surface area contributed by atoms with Gasteiger partial charge in [-0.3, -0.25) is 9.69 Å². The standard InChI is InChI=1S/C14H18N2O3/c1-3-19-14(18)16-9-8-15-13(17)12(16)11-7-5-4-6-10(11)2/h4-7,12H,3,8-9H2,1-2H3,(H,15,17). The van der Waals surface area contributed by atoms with Crippen LogP contribution in [0, 0.1) is 6.92 Å². The molecule has 1 N–H and O–H groups in total. The molecule has 0 bridgehead atoms. The average molecular weight is 262 g/mol. The van der Waals surface area contributed by atoms with Crippen molar-refractivity contribution in [2.24, 2.45) is 0 Å². The third-order valence-electron chi connectivity index (χ3n) is 3.20. The first-order valence-corrected chi connectivity index (χ1v) is 6.41. The van der Waals surface area contributed by atoms with E-state index in [9.17, 15) is 9.59 Å². The van der Waals surface area contributed by atoms with E-state index in [-0.39, 0.29) is 5.91 Å². The molecule has 1 aliphatic heterocycles. The van der Waals surface area contributed by atoms with Gasteiger partial charge in [0, 0.05) is 13.1 Å². The number of nitrogens with zero attached hydrogens (tertiary/aromatic N) is 1. The van der Waals surface area contributed by atoms with Gasteiger partial charge in [0.2, 0.25) is 5.91 Å². The fourth-order valence-electron chi connectivity index (χ4n) is 2.27. The van der Waals surface area contributed by atoms with Crippen molar-refractivity contribution in [3.05, 3.63) is 35.4 Å².